The Kier molecular flexibility index (Phi) is 4.55. The number of hydrogen-bond donors (Lipinski definition) is 1. The zero-order valence-corrected chi connectivity index (χ0v) is 11.6. The minimum Gasteiger partial charge on any atom is -0.377 e. The largest absolute Gasteiger partial charge is 0.377 e. The molecule has 1 aliphatic heterocycles. The summed E-state index contributed by atoms with van der Waals surface area (Å²) in [6, 6.07) is 0. The number of carbonyl (C=O) groups excluding carboxylic acids is 1. The van der Waals surface area contributed by atoms with Crippen LogP contribution in [0.5, 0.6) is 0 Å². The molecule has 1 aliphatic rings. The molecule has 0 aliphatic carbocycles. The van der Waals surface area contributed by atoms with Gasteiger partial charge in [0.05, 0.1) is 24.0 Å². The first kappa shape index (κ1) is 14.0. The second-order valence-electron chi connectivity index (χ2n) is 4.95. The predicted molar refractivity (Wildman–Crippen MR) is 71.9 cm³/mol. The summed E-state index contributed by atoms with van der Waals surface area (Å²) in [6.45, 7) is 4.49. The van der Waals surface area contributed by atoms with E-state index in [0.29, 0.717) is 18.7 Å². The highest BCUT2D eigenvalue weighted by atomic mass is 16.5. The van der Waals surface area contributed by atoms with Gasteiger partial charge in [-0.25, -0.2) is 0 Å². The molecule has 0 bridgehead atoms. The molecule has 1 aromatic heterocycles. The van der Waals surface area contributed by atoms with Crippen molar-refractivity contribution in [3.05, 3.63) is 17.5 Å². The molecule has 6 nitrogen and oxygen atoms in total. The van der Waals surface area contributed by atoms with Gasteiger partial charge in [-0.15, -0.1) is 0 Å². The first-order chi connectivity index (χ1) is 9.11. The highest BCUT2D eigenvalue weighted by Crippen LogP contribution is 2.17. The smallest absolute Gasteiger partial charge is 0.257 e. The van der Waals surface area contributed by atoms with E-state index in [4.69, 9.17) is 10.5 Å². The van der Waals surface area contributed by atoms with Crippen molar-refractivity contribution >= 4 is 5.91 Å². The number of amides is 1. The zero-order chi connectivity index (χ0) is 13.8. The highest BCUT2D eigenvalue weighted by Gasteiger charge is 2.25. The fraction of sp³-hybridized carbons (Fsp3) is 0.692. The summed E-state index contributed by atoms with van der Waals surface area (Å²) in [6.07, 6.45) is 3.78. The first-order valence-electron chi connectivity index (χ1n) is 6.73. The van der Waals surface area contributed by atoms with Crippen molar-refractivity contribution in [3.63, 3.8) is 0 Å². The standard InChI is InChI=1S/C13H22N4O2/c1-10-12(9-16(2)15-10)13(18)17-6-3-11(4-7-17)19-8-5-14/h9,11H,3-8,14H2,1-2H3. The Morgan fingerprint density at radius 3 is 2.74 bits per heavy atom. The Balaban J connectivity index is 1.91. The average Bonchev–Trinajstić information content (AvgIpc) is 2.75. The monoisotopic (exact) mass is 266 g/mol. The quantitative estimate of drug-likeness (QED) is 0.851. The fourth-order valence-corrected chi connectivity index (χ4v) is 2.44. The number of nitrogens with two attached hydrogens (primary N) is 1. The van der Waals surface area contributed by atoms with Gasteiger partial charge < -0.3 is 15.4 Å². The molecule has 0 aromatic carbocycles. The maximum atomic E-state index is 12.4. The lowest BCUT2D eigenvalue weighted by molar-refractivity contribution is 0.0121. The van der Waals surface area contributed by atoms with E-state index in [1.165, 1.54) is 0 Å². The van der Waals surface area contributed by atoms with Gasteiger partial charge in [-0.1, -0.05) is 0 Å². The molecule has 0 spiro atoms. The molecule has 19 heavy (non-hydrogen) atoms. The molecule has 6 heteroatoms. The van der Waals surface area contributed by atoms with E-state index in [9.17, 15) is 4.79 Å². The van der Waals surface area contributed by atoms with Gasteiger partial charge in [-0.2, -0.15) is 5.10 Å². The van der Waals surface area contributed by atoms with Crippen molar-refractivity contribution in [1.82, 2.24) is 14.7 Å². The van der Waals surface area contributed by atoms with Gasteiger partial charge in [-0.05, 0) is 19.8 Å². The van der Waals surface area contributed by atoms with Crippen LogP contribution in [-0.4, -0.2) is 52.9 Å². The minimum atomic E-state index is 0.0721. The Morgan fingerprint density at radius 2 is 2.21 bits per heavy atom. The highest BCUT2D eigenvalue weighted by molar-refractivity contribution is 5.95. The summed E-state index contributed by atoms with van der Waals surface area (Å²) >= 11 is 0. The van der Waals surface area contributed by atoms with E-state index < -0.39 is 0 Å². The average molecular weight is 266 g/mol. The van der Waals surface area contributed by atoms with Crippen LogP contribution in [0.2, 0.25) is 0 Å². The van der Waals surface area contributed by atoms with E-state index in [1.54, 1.807) is 10.9 Å². The van der Waals surface area contributed by atoms with Crippen molar-refractivity contribution in [2.45, 2.75) is 25.9 Å². The molecule has 2 rings (SSSR count). The van der Waals surface area contributed by atoms with Gasteiger partial charge in [0.15, 0.2) is 0 Å². The lowest BCUT2D eigenvalue weighted by Gasteiger charge is -2.31. The fourth-order valence-electron chi connectivity index (χ4n) is 2.44. The van der Waals surface area contributed by atoms with E-state index in [2.05, 4.69) is 5.10 Å². The lowest BCUT2D eigenvalue weighted by Crippen LogP contribution is -2.41. The predicted octanol–water partition coefficient (Wildman–Crippen LogP) is 0.308. The van der Waals surface area contributed by atoms with Gasteiger partial charge in [-0.3, -0.25) is 9.48 Å². The third-order valence-electron chi connectivity index (χ3n) is 3.44. The third-order valence-corrected chi connectivity index (χ3v) is 3.44. The van der Waals surface area contributed by atoms with Crippen LogP contribution >= 0.6 is 0 Å². The molecule has 2 heterocycles. The van der Waals surface area contributed by atoms with Gasteiger partial charge >= 0.3 is 0 Å². The van der Waals surface area contributed by atoms with Crippen molar-refractivity contribution in [2.75, 3.05) is 26.2 Å². The molecular weight excluding hydrogens is 244 g/mol. The molecule has 106 valence electrons. The number of rotatable bonds is 4. The van der Waals surface area contributed by atoms with Crippen molar-refractivity contribution in [1.29, 1.82) is 0 Å². The second-order valence-corrected chi connectivity index (χ2v) is 4.95. The Morgan fingerprint density at radius 1 is 1.53 bits per heavy atom. The molecule has 0 radical (unpaired) electrons. The number of ether oxygens (including phenoxy) is 1. The number of piperidine rings is 1. The van der Waals surface area contributed by atoms with Crippen LogP contribution in [0.1, 0.15) is 28.9 Å². The summed E-state index contributed by atoms with van der Waals surface area (Å²) < 4.78 is 7.29. The topological polar surface area (TPSA) is 73.4 Å². The number of likely N-dealkylation sites (tertiary alicyclic amines) is 1. The van der Waals surface area contributed by atoms with E-state index in [1.807, 2.05) is 18.9 Å². The van der Waals surface area contributed by atoms with Crippen LogP contribution in [0.25, 0.3) is 0 Å². The van der Waals surface area contributed by atoms with Crippen LogP contribution < -0.4 is 5.73 Å². The summed E-state index contributed by atoms with van der Waals surface area (Å²) in [5, 5.41) is 4.21. The van der Waals surface area contributed by atoms with Crippen LogP contribution in [0.4, 0.5) is 0 Å². The van der Waals surface area contributed by atoms with Crippen LogP contribution in [-0.2, 0) is 11.8 Å². The van der Waals surface area contributed by atoms with E-state index >= 15 is 0 Å². The molecule has 0 atom stereocenters. The molecule has 1 saturated heterocycles. The number of aryl methyl sites for hydroxylation is 2. The Bertz CT molecular complexity index is 436. The first-order valence-corrected chi connectivity index (χ1v) is 6.73. The number of hydrogen-bond acceptors (Lipinski definition) is 4. The van der Waals surface area contributed by atoms with Crippen molar-refractivity contribution < 1.29 is 9.53 Å². The number of nitrogens with zero attached hydrogens (tertiary/aromatic N) is 3. The molecule has 2 N–H and O–H groups in total. The van der Waals surface area contributed by atoms with Gasteiger partial charge in [0, 0.05) is 32.9 Å². The maximum Gasteiger partial charge on any atom is 0.257 e. The third kappa shape index (κ3) is 3.33. The normalized spacial score (nSPS) is 16.9. The van der Waals surface area contributed by atoms with E-state index in [-0.39, 0.29) is 12.0 Å². The molecule has 1 amide bonds. The maximum absolute atomic E-state index is 12.4. The minimum absolute atomic E-state index is 0.0721. The summed E-state index contributed by atoms with van der Waals surface area (Å²) in [7, 11) is 1.83. The molecule has 0 saturated carbocycles. The summed E-state index contributed by atoms with van der Waals surface area (Å²) in [4.78, 5) is 14.2. The SMILES string of the molecule is Cc1nn(C)cc1C(=O)N1CCC(OCCN)CC1. The second kappa shape index (κ2) is 6.16. The van der Waals surface area contributed by atoms with Gasteiger partial charge in [0.2, 0.25) is 0 Å². The Hall–Kier alpha value is -1.40. The zero-order valence-electron chi connectivity index (χ0n) is 11.6. The van der Waals surface area contributed by atoms with Crippen molar-refractivity contribution in [2.24, 2.45) is 12.8 Å². The van der Waals surface area contributed by atoms with Crippen LogP contribution in [0.3, 0.4) is 0 Å². The molecule has 1 aromatic rings. The summed E-state index contributed by atoms with van der Waals surface area (Å²) in [5.41, 5.74) is 6.90. The summed E-state index contributed by atoms with van der Waals surface area (Å²) in [5.74, 6) is 0.0721. The van der Waals surface area contributed by atoms with Crippen LogP contribution in [0.15, 0.2) is 6.20 Å². The number of aromatic nitrogens is 2. The lowest BCUT2D eigenvalue weighted by atomic mass is 10.1. The van der Waals surface area contributed by atoms with Gasteiger partial charge in [0.25, 0.3) is 5.91 Å². The van der Waals surface area contributed by atoms with Crippen molar-refractivity contribution in [3.8, 4) is 0 Å². The molecular formula is C13H22N4O2. The molecule has 1 fully saturated rings. The Labute approximate surface area is 113 Å². The van der Waals surface area contributed by atoms with E-state index in [0.717, 1.165) is 31.6 Å². The van der Waals surface area contributed by atoms with Gasteiger partial charge in [0.1, 0.15) is 0 Å². The molecule has 0 unspecified atom stereocenters. The van der Waals surface area contributed by atoms with Crippen LogP contribution in [0, 0.1) is 6.92 Å². The number of carbonyl (C=O) groups is 1.